The molecule has 8 aromatic carbocycles. The van der Waals surface area contributed by atoms with Gasteiger partial charge in [0.05, 0.1) is 11.1 Å². The Morgan fingerprint density at radius 3 is 1.52 bits per heavy atom. The molecule has 0 fully saturated rings. The van der Waals surface area contributed by atoms with E-state index in [1.54, 1.807) is 0 Å². The second kappa shape index (κ2) is 11.1. The molecule has 0 unspecified atom stereocenters. The molecule has 54 heavy (non-hydrogen) atoms. The third-order valence-electron chi connectivity index (χ3n) is 12.4. The van der Waals surface area contributed by atoms with Gasteiger partial charge in [-0.3, -0.25) is 0 Å². The Labute approximate surface area is 315 Å². The third kappa shape index (κ3) is 4.17. The van der Waals surface area contributed by atoms with E-state index in [4.69, 9.17) is 4.42 Å². The molecule has 1 aromatic heterocycles. The van der Waals surface area contributed by atoms with Crippen LogP contribution < -0.4 is 4.90 Å². The van der Waals surface area contributed by atoms with Gasteiger partial charge in [0.25, 0.3) is 0 Å². The molecule has 1 heterocycles. The molecule has 2 nitrogen and oxygen atoms in total. The van der Waals surface area contributed by atoms with Crippen molar-refractivity contribution in [2.75, 3.05) is 4.90 Å². The predicted octanol–water partition coefficient (Wildman–Crippen LogP) is 14.5. The van der Waals surface area contributed by atoms with Crippen molar-refractivity contribution in [3.05, 3.63) is 186 Å². The summed E-state index contributed by atoms with van der Waals surface area (Å²) in [5.41, 5.74) is 17.9. The Bertz CT molecular complexity index is 2890. The first-order valence-corrected chi connectivity index (χ1v) is 19.0. The van der Waals surface area contributed by atoms with Gasteiger partial charge in [-0.1, -0.05) is 161 Å². The van der Waals surface area contributed by atoms with Crippen LogP contribution in [0.1, 0.15) is 49.9 Å². The van der Waals surface area contributed by atoms with Crippen molar-refractivity contribution in [2.45, 2.75) is 38.5 Å². The van der Waals surface area contributed by atoms with Crippen LogP contribution in [0.2, 0.25) is 0 Å². The number of hydrogen-bond donors (Lipinski definition) is 0. The number of fused-ring (bicyclic) bond motifs is 11. The van der Waals surface area contributed by atoms with Gasteiger partial charge < -0.3 is 9.32 Å². The fraction of sp³-hybridized carbons (Fsp3) is 0.115. The van der Waals surface area contributed by atoms with E-state index in [1.165, 1.54) is 55.6 Å². The zero-order valence-electron chi connectivity index (χ0n) is 30.9. The minimum Gasteiger partial charge on any atom is -0.455 e. The van der Waals surface area contributed by atoms with Crippen molar-refractivity contribution in [2.24, 2.45) is 0 Å². The smallest absolute Gasteiger partial charge is 0.145 e. The van der Waals surface area contributed by atoms with Gasteiger partial charge in [-0.2, -0.15) is 0 Å². The summed E-state index contributed by atoms with van der Waals surface area (Å²) in [5.74, 6) is 0. The highest BCUT2D eigenvalue weighted by Crippen LogP contribution is 2.56. The Hall–Kier alpha value is -6.38. The molecule has 2 aliphatic rings. The molecular formula is C52H39NO. The van der Waals surface area contributed by atoms with Crippen LogP contribution in [0.3, 0.4) is 0 Å². The number of nitrogens with zero attached hydrogens (tertiary/aromatic N) is 1. The minimum absolute atomic E-state index is 0.154. The van der Waals surface area contributed by atoms with Crippen molar-refractivity contribution in [1.29, 1.82) is 0 Å². The van der Waals surface area contributed by atoms with Crippen molar-refractivity contribution in [3.63, 3.8) is 0 Å². The number of para-hydroxylation sites is 1. The molecule has 11 rings (SSSR count). The second-order valence-electron chi connectivity index (χ2n) is 16.1. The molecule has 9 aromatic rings. The molecule has 0 radical (unpaired) electrons. The van der Waals surface area contributed by atoms with E-state index in [0.717, 1.165) is 49.8 Å². The first kappa shape index (κ1) is 31.2. The Morgan fingerprint density at radius 2 is 0.907 bits per heavy atom. The average Bonchev–Trinajstić information content (AvgIpc) is 3.79. The number of anilines is 3. The molecular weight excluding hydrogens is 655 g/mol. The van der Waals surface area contributed by atoms with E-state index in [9.17, 15) is 0 Å². The van der Waals surface area contributed by atoms with Gasteiger partial charge >= 0.3 is 0 Å². The summed E-state index contributed by atoms with van der Waals surface area (Å²) in [4.78, 5) is 2.54. The molecule has 0 saturated carbocycles. The van der Waals surface area contributed by atoms with Crippen molar-refractivity contribution >= 4 is 49.8 Å². The number of benzene rings is 8. The van der Waals surface area contributed by atoms with Gasteiger partial charge in [0, 0.05) is 38.5 Å². The van der Waals surface area contributed by atoms with Gasteiger partial charge in [0.15, 0.2) is 0 Å². The standard InChI is InChI=1S/C52H39NO/c1-51(2)42-23-13-10-18-35(42)37-28-26-33(30-44(37)51)53(34-27-29-38-36-19-11-14-24-43(36)52(3,4)45(38)31-34)49-47(32-16-6-5-7-17-32)39-20-8-9-21-40(39)50-48(49)41-22-12-15-25-46(41)54-50/h5-31H,1-4H3. The third-order valence-corrected chi connectivity index (χ3v) is 12.4. The summed E-state index contributed by atoms with van der Waals surface area (Å²) in [6.07, 6.45) is 0. The highest BCUT2D eigenvalue weighted by atomic mass is 16.3. The van der Waals surface area contributed by atoms with E-state index < -0.39 is 0 Å². The maximum atomic E-state index is 6.89. The van der Waals surface area contributed by atoms with Crippen molar-refractivity contribution < 1.29 is 4.42 Å². The van der Waals surface area contributed by atoms with Gasteiger partial charge in [-0.05, 0) is 85.8 Å². The van der Waals surface area contributed by atoms with E-state index in [1.807, 2.05) is 0 Å². The normalized spacial score (nSPS) is 14.6. The first-order chi connectivity index (χ1) is 26.3. The van der Waals surface area contributed by atoms with E-state index in [2.05, 4.69) is 196 Å². The van der Waals surface area contributed by atoms with Crippen molar-refractivity contribution in [1.82, 2.24) is 0 Å². The lowest BCUT2D eigenvalue weighted by Gasteiger charge is -2.32. The maximum Gasteiger partial charge on any atom is 0.145 e. The summed E-state index contributed by atoms with van der Waals surface area (Å²) in [5, 5.41) is 4.51. The Kier molecular flexibility index (Phi) is 6.39. The monoisotopic (exact) mass is 693 g/mol. The highest BCUT2D eigenvalue weighted by molar-refractivity contribution is 6.27. The predicted molar refractivity (Wildman–Crippen MR) is 226 cm³/mol. The van der Waals surface area contributed by atoms with Crippen LogP contribution in [0.15, 0.2) is 168 Å². The zero-order chi connectivity index (χ0) is 36.3. The van der Waals surface area contributed by atoms with Crippen LogP contribution in [-0.4, -0.2) is 0 Å². The lowest BCUT2D eigenvalue weighted by Crippen LogP contribution is -2.18. The number of furan rings is 1. The minimum atomic E-state index is -0.154. The van der Waals surface area contributed by atoms with Gasteiger partial charge in [0.2, 0.25) is 0 Å². The van der Waals surface area contributed by atoms with Crippen LogP contribution in [0.5, 0.6) is 0 Å². The maximum absolute atomic E-state index is 6.89. The molecule has 2 heteroatoms. The Morgan fingerprint density at radius 1 is 0.426 bits per heavy atom. The lowest BCUT2D eigenvalue weighted by molar-refractivity contribution is 0.660. The molecule has 0 aliphatic heterocycles. The molecule has 0 saturated heterocycles. The largest absolute Gasteiger partial charge is 0.455 e. The topological polar surface area (TPSA) is 16.4 Å². The summed E-state index contributed by atoms with van der Waals surface area (Å²) in [6.45, 7) is 9.48. The van der Waals surface area contributed by atoms with Crippen LogP contribution >= 0.6 is 0 Å². The molecule has 0 spiro atoms. The van der Waals surface area contributed by atoms with E-state index in [-0.39, 0.29) is 10.8 Å². The Balaban J connectivity index is 1.29. The van der Waals surface area contributed by atoms with Gasteiger partial charge in [-0.25, -0.2) is 0 Å². The number of rotatable bonds is 4. The van der Waals surface area contributed by atoms with Gasteiger partial charge in [0.1, 0.15) is 11.2 Å². The molecule has 258 valence electrons. The lowest BCUT2D eigenvalue weighted by atomic mass is 9.82. The first-order valence-electron chi connectivity index (χ1n) is 19.0. The van der Waals surface area contributed by atoms with E-state index in [0.29, 0.717) is 0 Å². The highest BCUT2D eigenvalue weighted by Gasteiger charge is 2.38. The zero-order valence-corrected chi connectivity index (χ0v) is 30.9. The van der Waals surface area contributed by atoms with Crippen LogP contribution in [0.4, 0.5) is 17.1 Å². The fourth-order valence-electron chi connectivity index (χ4n) is 9.81. The molecule has 0 amide bonds. The SMILES string of the molecule is CC1(C)c2ccccc2-c2ccc(N(c3ccc4c(c3)C(C)(C)c3ccccc3-4)c3c(-c4ccccc4)c4ccccc4c4oc5ccccc5c34)cc21. The second-order valence-corrected chi connectivity index (χ2v) is 16.1. The van der Waals surface area contributed by atoms with Crippen LogP contribution in [0.25, 0.3) is 66.1 Å². The number of hydrogen-bond acceptors (Lipinski definition) is 2. The molecule has 0 bridgehead atoms. The van der Waals surface area contributed by atoms with E-state index >= 15 is 0 Å². The molecule has 0 atom stereocenters. The van der Waals surface area contributed by atoms with Crippen LogP contribution in [0, 0.1) is 0 Å². The summed E-state index contributed by atoms with van der Waals surface area (Å²) >= 11 is 0. The van der Waals surface area contributed by atoms with Crippen molar-refractivity contribution in [3.8, 4) is 33.4 Å². The summed E-state index contributed by atoms with van der Waals surface area (Å²) in [6, 6.07) is 60.3. The van der Waals surface area contributed by atoms with Crippen LogP contribution in [-0.2, 0) is 10.8 Å². The average molecular weight is 694 g/mol. The fourth-order valence-corrected chi connectivity index (χ4v) is 9.81. The summed E-state index contributed by atoms with van der Waals surface area (Å²) in [7, 11) is 0. The summed E-state index contributed by atoms with van der Waals surface area (Å²) < 4.78 is 6.89. The molecule has 0 N–H and O–H groups in total. The molecule has 2 aliphatic carbocycles. The van der Waals surface area contributed by atoms with Gasteiger partial charge in [-0.15, -0.1) is 0 Å². The quantitative estimate of drug-likeness (QED) is 0.182.